The highest BCUT2D eigenvalue weighted by atomic mass is 127. The molecule has 3 N–H and O–H groups in total. The number of aliphatic hydroxyl groups excluding tert-OH is 1. The van der Waals surface area contributed by atoms with E-state index in [1.165, 1.54) is 12.0 Å². The molecule has 0 spiro atoms. The fourth-order valence-electron chi connectivity index (χ4n) is 2.95. The van der Waals surface area contributed by atoms with Crippen molar-refractivity contribution in [1.82, 2.24) is 15.2 Å². The molecule has 2 rings (SSSR count). The molecule has 1 saturated carbocycles. The minimum atomic E-state index is -0.217. The zero-order valence-electron chi connectivity index (χ0n) is 13.8. The lowest BCUT2D eigenvalue weighted by Gasteiger charge is -2.38. The molecule has 1 heterocycles. The van der Waals surface area contributed by atoms with E-state index >= 15 is 0 Å². The number of nitrogens with one attached hydrogen (secondary N) is 2. The Kier molecular flexibility index (Phi) is 7.68. The first-order valence-electron chi connectivity index (χ1n) is 7.77. The first-order chi connectivity index (χ1) is 10.0. The van der Waals surface area contributed by atoms with Crippen LogP contribution in [0.5, 0.6) is 0 Å². The SMILES string of the molecule is CN=C(NCc1ccn(C)c1)NCC1(C)CCCCC1O.I. The van der Waals surface area contributed by atoms with Crippen LogP contribution >= 0.6 is 24.0 Å². The van der Waals surface area contributed by atoms with Gasteiger partial charge in [0.1, 0.15) is 0 Å². The van der Waals surface area contributed by atoms with Gasteiger partial charge in [0.15, 0.2) is 5.96 Å². The van der Waals surface area contributed by atoms with Crippen LogP contribution in [0.2, 0.25) is 0 Å². The third-order valence-corrected chi connectivity index (χ3v) is 4.52. The number of halogens is 1. The average molecular weight is 420 g/mol. The van der Waals surface area contributed by atoms with E-state index in [4.69, 9.17) is 0 Å². The summed E-state index contributed by atoms with van der Waals surface area (Å²) in [5.41, 5.74) is 1.17. The number of hydrogen-bond acceptors (Lipinski definition) is 2. The number of guanidine groups is 1. The number of aliphatic imine (C=N–C) groups is 1. The second-order valence-corrected chi connectivity index (χ2v) is 6.38. The number of nitrogens with zero attached hydrogens (tertiary/aromatic N) is 2. The van der Waals surface area contributed by atoms with E-state index in [-0.39, 0.29) is 35.5 Å². The summed E-state index contributed by atoms with van der Waals surface area (Å²) in [6.45, 7) is 3.66. The predicted octanol–water partition coefficient (Wildman–Crippen LogP) is 2.25. The Morgan fingerprint density at radius 1 is 1.45 bits per heavy atom. The lowest BCUT2D eigenvalue weighted by Crippen LogP contribution is -2.48. The van der Waals surface area contributed by atoms with E-state index in [0.29, 0.717) is 0 Å². The largest absolute Gasteiger partial charge is 0.392 e. The van der Waals surface area contributed by atoms with Gasteiger partial charge in [0.2, 0.25) is 0 Å². The molecule has 0 aliphatic heterocycles. The maximum atomic E-state index is 10.2. The fraction of sp³-hybridized carbons (Fsp3) is 0.688. The first-order valence-corrected chi connectivity index (χ1v) is 7.77. The van der Waals surface area contributed by atoms with Crippen LogP contribution < -0.4 is 10.6 Å². The molecular formula is C16H29IN4O. The molecule has 2 atom stereocenters. The highest BCUT2D eigenvalue weighted by Gasteiger charge is 2.35. The molecule has 2 unspecified atom stereocenters. The molecule has 22 heavy (non-hydrogen) atoms. The number of aromatic nitrogens is 1. The molecule has 1 aliphatic carbocycles. The second-order valence-electron chi connectivity index (χ2n) is 6.38. The van der Waals surface area contributed by atoms with Crippen LogP contribution in [-0.4, -0.2) is 35.3 Å². The Hall–Kier alpha value is -0.760. The van der Waals surface area contributed by atoms with Crippen molar-refractivity contribution < 1.29 is 5.11 Å². The lowest BCUT2D eigenvalue weighted by atomic mass is 9.73. The quantitative estimate of drug-likeness (QED) is 0.398. The zero-order valence-corrected chi connectivity index (χ0v) is 16.1. The van der Waals surface area contributed by atoms with Crippen LogP contribution in [0.1, 0.15) is 38.2 Å². The standard InChI is InChI=1S/C16H28N4O.HI/c1-16(8-5-4-6-14(16)21)12-19-15(17-2)18-10-13-7-9-20(3)11-13;/h7,9,11,14,21H,4-6,8,10,12H2,1-3H3,(H2,17,18,19);1H. The summed E-state index contributed by atoms with van der Waals surface area (Å²) in [4.78, 5) is 4.26. The van der Waals surface area contributed by atoms with Crippen LogP contribution in [0.3, 0.4) is 0 Å². The van der Waals surface area contributed by atoms with Crippen LogP contribution in [0.25, 0.3) is 0 Å². The van der Waals surface area contributed by atoms with Gasteiger partial charge in [0.05, 0.1) is 6.10 Å². The van der Waals surface area contributed by atoms with E-state index in [1.807, 2.05) is 17.8 Å². The van der Waals surface area contributed by atoms with Gasteiger partial charge >= 0.3 is 0 Å². The van der Waals surface area contributed by atoms with Crippen molar-refractivity contribution in [3.63, 3.8) is 0 Å². The normalized spacial score (nSPS) is 25.5. The Morgan fingerprint density at radius 2 is 2.23 bits per heavy atom. The van der Waals surface area contributed by atoms with Crippen molar-refractivity contribution in [2.75, 3.05) is 13.6 Å². The van der Waals surface area contributed by atoms with Gasteiger partial charge in [-0.1, -0.05) is 19.8 Å². The summed E-state index contributed by atoms with van der Waals surface area (Å²) in [6, 6.07) is 2.09. The predicted molar refractivity (Wildman–Crippen MR) is 102 cm³/mol. The highest BCUT2D eigenvalue weighted by molar-refractivity contribution is 14.0. The number of aryl methyl sites for hydroxylation is 1. The number of aliphatic hydroxyl groups is 1. The van der Waals surface area contributed by atoms with Gasteiger partial charge in [-0.2, -0.15) is 0 Å². The third-order valence-electron chi connectivity index (χ3n) is 4.52. The summed E-state index contributed by atoms with van der Waals surface area (Å²) in [5.74, 6) is 0.790. The van der Waals surface area contributed by atoms with E-state index in [9.17, 15) is 5.11 Å². The van der Waals surface area contributed by atoms with Crippen molar-refractivity contribution in [2.45, 2.75) is 45.3 Å². The van der Waals surface area contributed by atoms with Gasteiger partial charge in [-0.05, 0) is 24.5 Å². The molecule has 0 bridgehead atoms. The topological polar surface area (TPSA) is 61.6 Å². The minimum absolute atomic E-state index is 0. The minimum Gasteiger partial charge on any atom is -0.392 e. The van der Waals surface area contributed by atoms with E-state index < -0.39 is 0 Å². The van der Waals surface area contributed by atoms with Crippen molar-refractivity contribution in [1.29, 1.82) is 0 Å². The first kappa shape index (κ1) is 19.3. The Morgan fingerprint density at radius 3 is 2.82 bits per heavy atom. The van der Waals surface area contributed by atoms with Crippen LogP contribution in [-0.2, 0) is 13.6 Å². The Labute approximate surface area is 150 Å². The van der Waals surface area contributed by atoms with Gasteiger partial charge in [0, 0.05) is 45.0 Å². The molecule has 0 radical (unpaired) electrons. The monoisotopic (exact) mass is 420 g/mol. The van der Waals surface area contributed by atoms with Crippen molar-refractivity contribution in [2.24, 2.45) is 17.5 Å². The molecule has 0 aromatic carbocycles. The van der Waals surface area contributed by atoms with E-state index in [1.54, 1.807) is 7.05 Å². The van der Waals surface area contributed by atoms with Crippen molar-refractivity contribution in [3.05, 3.63) is 24.0 Å². The molecule has 6 heteroatoms. The smallest absolute Gasteiger partial charge is 0.191 e. The maximum Gasteiger partial charge on any atom is 0.191 e. The highest BCUT2D eigenvalue weighted by Crippen LogP contribution is 2.35. The molecule has 1 aromatic heterocycles. The van der Waals surface area contributed by atoms with Gasteiger partial charge in [-0.25, -0.2) is 0 Å². The molecule has 0 saturated heterocycles. The summed E-state index contributed by atoms with van der Waals surface area (Å²) < 4.78 is 2.03. The zero-order chi connectivity index (χ0) is 15.3. The second kappa shape index (κ2) is 8.76. The third kappa shape index (κ3) is 5.15. The van der Waals surface area contributed by atoms with Crippen LogP contribution in [0.15, 0.2) is 23.5 Å². The van der Waals surface area contributed by atoms with Gasteiger partial charge in [-0.3, -0.25) is 4.99 Å². The summed E-state index contributed by atoms with van der Waals surface area (Å²) in [7, 11) is 3.79. The summed E-state index contributed by atoms with van der Waals surface area (Å²) >= 11 is 0. The van der Waals surface area contributed by atoms with E-state index in [0.717, 1.165) is 38.3 Å². The molecule has 126 valence electrons. The Bertz CT molecular complexity index is 488. The van der Waals surface area contributed by atoms with Crippen molar-refractivity contribution >= 4 is 29.9 Å². The van der Waals surface area contributed by atoms with E-state index in [2.05, 4.69) is 34.8 Å². The average Bonchev–Trinajstić information content (AvgIpc) is 2.88. The molecule has 1 fully saturated rings. The van der Waals surface area contributed by atoms with Crippen LogP contribution in [0.4, 0.5) is 0 Å². The maximum absolute atomic E-state index is 10.2. The van der Waals surface area contributed by atoms with Gasteiger partial charge < -0.3 is 20.3 Å². The fourth-order valence-corrected chi connectivity index (χ4v) is 2.95. The molecule has 1 aromatic rings. The number of rotatable bonds is 4. The molecule has 1 aliphatic rings. The summed E-state index contributed by atoms with van der Waals surface area (Å²) in [5, 5.41) is 16.9. The molecule has 0 amide bonds. The van der Waals surface area contributed by atoms with Gasteiger partial charge in [0.25, 0.3) is 0 Å². The molecule has 5 nitrogen and oxygen atoms in total. The van der Waals surface area contributed by atoms with Gasteiger partial charge in [-0.15, -0.1) is 24.0 Å². The number of hydrogen-bond donors (Lipinski definition) is 3. The van der Waals surface area contributed by atoms with Crippen LogP contribution in [0, 0.1) is 5.41 Å². The Balaban J connectivity index is 0.00000242. The lowest BCUT2D eigenvalue weighted by molar-refractivity contribution is 0.00397. The molecular weight excluding hydrogens is 391 g/mol. The summed E-state index contributed by atoms with van der Waals surface area (Å²) in [6.07, 6.45) is 8.22. The van der Waals surface area contributed by atoms with Crippen molar-refractivity contribution in [3.8, 4) is 0 Å².